The van der Waals surface area contributed by atoms with Gasteiger partial charge in [0.05, 0.1) is 23.4 Å². The van der Waals surface area contributed by atoms with E-state index in [0.29, 0.717) is 5.56 Å². The minimum atomic E-state index is -0.924. The molecule has 1 fully saturated rings. The number of hydrogen-bond acceptors (Lipinski definition) is 4. The normalized spacial score (nSPS) is 22.2. The Morgan fingerprint density at radius 3 is 2.52 bits per heavy atom. The number of rotatable bonds is 3. The maximum absolute atomic E-state index is 12.2. The summed E-state index contributed by atoms with van der Waals surface area (Å²) in [6.07, 6.45) is 0. The third-order valence-corrected chi connectivity index (χ3v) is 4.67. The van der Waals surface area contributed by atoms with Crippen molar-refractivity contribution in [2.45, 2.75) is 31.2 Å². The van der Waals surface area contributed by atoms with E-state index in [9.17, 15) is 14.7 Å². The van der Waals surface area contributed by atoms with E-state index in [1.165, 1.54) is 0 Å². The summed E-state index contributed by atoms with van der Waals surface area (Å²) in [7, 11) is 0. The van der Waals surface area contributed by atoms with Crippen LogP contribution in [0.1, 0.15) is 31.0 Å². The molecule has 21 heavy (non-hydrogen) atoms. The average Bonchev–Trinajstić information content (AvgIpc) is 2.46. The van der Waals surface area contributed by atoms with Gasteiger partial charge in [0, 0.05) is 6.04 Å². The molecule has 0 bridgehead atoms. The van der Waals surface area contributed by atoms with Gasteiger partial charge in [-0.15, -0.1) is 11.8 Å². The first-order chi connectivity index (χ1) is 9.95. The molecule has 0 radical (unpaired) electrons. The lowest BCUT2D eigenvalue weighted by Crippen LogP contribution is -2.50. The molecule has 1 heterocycles. The number of amides is 1. The molecule has 1 aliphatic rings. The van der Waals surface area contributed by atoms with Crippen LogP contribution in [0.25, 0.3) is 0 Å². The molecule has 6 heteroatoms. The first-order valence-corrected chi connectivity index (χ1v) is 7.66. The first kappa shape index (κ1) is 15.4. The Hall–Kier alpha value is -2.00. The van der Waals surface area contributed by atoms with Gasteiger partial charge in [0.2, 0.25) is 5.91 Å². The number of carboxylic acid groups (broad SMARTS) is 1. The molecule has 1 amide bonds. The van der Waals surface area contributed by atoms with Gasteiger partial charge < -0.3 is 10.0 Å². The summed E-state index contributed by atoms with van der Waals surface area (Å²) in [5.41, 5.74) is 1.26. The Balaban J connectivity index is 2.46. The maximum Gasteiger partial charge on any atom is 0.319 e. The summed E-state index contributed by atoms with van der Waals surface area (Å²) in [6.45, 7) is 3.76. The van der Waals surface area contributed by atoms with E-state index < -0.39 is 17.3 Å². The number of aliphatic carboxylic acids is 1. The Labute approximate surface area is 127 Å². The smallest absolute Gasteiger partial charge is 0.319 e. The van der Waals surface area contributed by atoms with E-state index in [-0.39, 0.29) is 17.7 Å². The molecular formula is C15H16N2O3S. The van der Waals surface area contributed by atoms with Crippen LogP contribution >= 0.6 is 11.8 Å². The predicted molar refractivity (Wildman–Crippen MR) is 79.8 cm³/mol. The van der Waals surface area contributed by atoms with Gasteiger partial charge in [0.25, 0.3) is 0 Å². The second-order valence-corrected chi connectivity index (χ2v) is 6.27. The molecule has 1 saturated heterocycles. The molecular weight excluding hydrogens is 288 g/mol. The summed E-state index contributed by atoms with van der Waals surface area (Å²) in [4.78, 5) is 25.3. The topological polar surface area (TPSA) is 81.4 Å². The largest absolute Gasteiger partial charge is 0.480 e. The number of hydrogen-bond donors (Lipinski definition) is 1. The first-order valence-electron chi connectivity index (χ1n) is 6.61. The van der Waals surface area contributed by atoms with E-state index in [2.05, 4.69) is 0 Å². The Morgan fingerprint density at radius 1 is 1.43 bits per heavy atom. The zero-order chi connectivity index (χ0) is 15.6. The third-order valence-electron chi connectivity index (χ3n) is 3.44. The van der Waals surface area contributed by atoms with Crippen LogP contribution in [0.3, 0.4) is 0 Å². The van der Waals surface area contributed by atoms with E-state index in [0.717, 1.165) is 17.3 Å². The Kier molecular flexibility index (Phi) is 4.53. The number of carboxylic acids is 1. The van der Waals surface area contributed by atoms with Gasteiger partial charge in [-0.3, -0.25) is 9.59 Å². The molecule has 2 unspecified atom stereocenters. The van der Waals surface area contributed by atoms with Gasteiger partial charge in [-0.2, -0.15) is 5.26 Å². The fourth-order valence-corrected chi connectivity index (χ4v) is 3.62. The Morgan fingerprint density at radius 2 is 2.05 bits per heavy atom. The molecule has 110 valence electrons. The average molecular weight is 304 g/mol. The highest BCUT2D eigenvalue weighted by Gasteiger charge is 2.42. The second-order valence-electron chi connectivity index (χ2n) is 5.14. The van der Waals surface area contributed by atoms with E-state index in [1.807, 2.05) is 19.9 Å². The summed E-state index contributed by atoms with van der Waals surface area (Å²) in [6, 6.07) is 8.20. The van der Waals surface area contributed by atoms with E-state index >= 15 is 0 Å². The standard InChI is InChI=1S/C15H16N2O3S/c1-9(2)17-12(18)8-21-14(15(19)20)13(17)11-5-3-10(7-16)4-6-11/h3-6,9,13-14H,8H2,1-2H3,(H,19,20). The molecule has 0 spiro atoms. The highest BCUT2D eigenvalue weighted by atomic mass is 32.2. The molecule has 2 atom stereocenters. The summed E-state index contributed by atoms with van der Waals surface area (Å²) < 4.78 is 0. The van der Waals surface area contributed by atoms with Crippen LogP contribution in [0.5, 0.6) is 0 Å². The number of benzene rings is 1. The van der Waals surface area contributed by atoms with Gasteiger partial charge in [-0.05, 0) is 31.5 Å². The highest BCUT2D eigenvalue weighted by Crippen LogP contribution is 2.38. The molecule has 0 saturated carbocycles. The van der Waals surface area contributed by atoms with Crippen molar-refractivity contribution in [1.82, 2.24) is 4.90 Å². The van der Waals surface area contributed by atoms with Gasteiger partial charge >= 0.3 is 5.97 Å². The maximum atomic E-state index is 12.2. The minimum absolute atomic E-state index is 0.0538. The summed E-state index contributed by atoms with van der Waals surface area (Å²) in [5.74, 6) is -0.795. The van der Waals surface area contributed by atoms with Crippen molar-refractivity contribution in [3.8, 4) is 6.07 Å². The quantitative estimate of drug-likeness (QED) is 0.924. The van der Waals surface area contributed by atoms with Crippen molar-refractivity contribution >= 4 is 23.6 Å². The number of nitriles is 1. The van der Waals surface area contributed by atoms with Crippen LogP contribution in [-0.2, 0) is 9.59 Å². The monoisotopic (exact) mass is 304 g/mol. The number of carbonyl (C=O) groups is 2. The molecule has 1 aromatic carbocycles. The van der Waals surface area contributed by atoms with Crippen LogP contribution < -0.4 is 0 Å². The van der Waals surface area contributed by atoms with Crippen LogP contribution in [0.2, 0.25) is 0 Å². The van der Waals surface area contributed by atoms with Crippen molar-refractivity contribution in [3.63, 3.8) is 0 Å². The van der Waals surface area contributed by atoms with Gasteiger partial charge in [0.1, 0.15) is 5.25 Å². The molecule has 2 rings (SSSR count). The molecule has 1 aromatic rings. The molecule has 0 aromatic heterocycles. The summed E-state index contributed by atoms with van der Waals surface area (Å²) >= 11 is 1.16. The molecule has 1 N–H and O–H groups in total. The highest BCUT2D eigenvalue weighted by molar-refractivity contribution is 8.01. The summed E-state index contributed by atoms with van der Waals surface area (Å²) in [5, 5.41) is 17.6. The van der Waals surface area contributed by atoms with E-state index in [4.69, 9.17) is 5.26 Å². The van der Waals surface area contributed by atoms with Crippen molar-refractivity contribution in [2.24, 2.45) is 0 Å². The number of carbonyl (C=O) groups excluding carboxylic acids is 1. The minimum Gasteiger partial charge on any atom is -0.480 e. The van der Waals surface area contributed by atoms with Crippen molar-refractivity contribution in [3.05, 3.63) is 35.4 Å². The lowest BCUT2D eigenvalue weighted by Gasteiger charge is -2.41. The third kappa shape index (κ3) is 3.03. The van der Waals surface area contributed by atoms with Crippen LogP contribution in [-0.4, -0.2) is 38.9 Å². The van der Waals surface area contributed by atoms with Crippen LogP contribution in [0, 0.1) is 11.3 Å². The lowest BCUT2D eigenvalue weighted by molar-refractivity contribution is -0.141. The van der Waals surface area contributed by atoms with Gasteiger partial charge in [-0.25, -0.2) is 0 Å². The van der Waals surface area contributed by atoms with Gasteiger partial charge in [-0.1, -0.05) is 12.1 Å². The lowest BCUT2D eigenvalue weighted by atomic mass is 9.98. The van der Waals surface area contributed by atoms with Crippen LogP contribution in [0.15, 0.2) is 24.3 Å². The van der Waals surface area contributed by atoms with Crippen molar-refractivity contribution in [2.75, 3.05) is 5.75 Å². The fraction of sp³-hybridized carbons (Fsp3) is 0.400. The SMILES string of the molecule is CC(C)N1C(=O)CSC(C(=O)O)C1c1ccc(C#N)cc1. The molecule has 0 aliphatic carbocycles. The van der Waals surface area contributed by atoms with Crippen molar-refractivity contribution < 1.29 is 14.7 Å². The fourth-order valence-electron chi connectivity index (χ4n) is 2.53. The second kappa shape index (κ2) is 6.19. The predicted octanol–water partition coefficient (Wildman–Crippen LogP) is 2.04. The Bertz CT molecular complexity index is 592. The number of nitrogens with zero attached hydrogens (tertiary/aromatic N) is 2. The zero-order valence-corrected chi connectivity index (χ0v) is 12.6. The zero-order valence-electron chi connectivity index (χ0n) is 11.8. The van der Waals surface area contributed by atoms with Crippen molar-refractivity contribution in [1.29, 1.82) is 5.26 Å². The molecule has 1 aliphatic heterocycles. The van der Waals surface area contributed by atoms with E-state index in [1.54, 1.807) is 29.2 Å². The van der Waals surface area contributed by atoms with Gasteiger partial charge in [0.15, 0.2) is 0 Å². The van der Waals surface area contributed by atoms with Crippen LogP contribution in [0.4, 0.5) is 0 Å². The number of thioether (sulfide) groups is 1. The molecule has 5 nitrogen and oxygen atoms in total.